The van der Waals surface area contributed by atoms with Gasteiger partial charge in [0.05, 0.1) is 5.69 Å². The van der Waals surface area contributed by atoms with Crippen LogP contribution < -0.4 is 5.32 Å². The van der Waals surface area contributed by atoms with Crippen LogP contribution in [0.4, 0.5) is 5.82 Å². The summed E-state index contributed by atoms with van der Waals surface area (Å²) in [5.41, 5.74) is 1.17. The Morgan fingerprint density at radius 2 is 2.57 bits per heavy atom. The Balaban J connectivity index is 2.03. The SMILES string of the molecule is CCc1cc(NC2CCSC2)n(C)n1. The molecule has 1 aromatic rings. The number of aromatic nitrogens is 2. The third kappa shape index (κ3) is 2.05. The van der Waals surface area contributed by atoms with Crippen molar-refractivity contribution in [1.29, 1.82) is 0 Å². The van der Waals surface area contributed by atoms with Gasteiger partial charge in [-0.1, -0.05) is 6.92 Å². The number of hydrogen-bond acceptors (Lipinski definition) is 3. The highest BCUT2D eigenvalue weighted by Crippen LogP contribution is 2.21. The fourth-order valence-corrected chi connectivity index (χ4v) is 2.84. The van der Waals surface area contributed by atoms with Gasteiger partial charge in [-0.2, -0.15) is 16.9 Å². The molecule has 3 nitrogen and oxygen atoms in total. The third-order valence-electron chi connectivity index (χ3n) is 2.57. The van der Waals surface area contributed by atoms with E-state index in [1.807, 2.05) is 23.5 Å². The van der Waals surface area contributed by atoms with Gasteiger partial charge in [-0.25, -0.2) is 0 Å². The molecule has 1 atom stereocenters. The molecule has 0 aliphatic carbocycles. The standard InChI is InChI=1S/C10H17N3S/c1-3-8-6-10(13(2)12-8)11-9-4-5-14-7-9/h6,9,11H,3-5,7H2,1-2H3. The summed E-state index contributed by atoms with van der Waals surface area (Å²) in [5, 5.41) is 7.96. The minimum Gasteiger partial charge on any atom is -0.367 e. The lowest BCUT2D eigenvalue weighted by Crippen LogP contribution is -2.19. The molecule has 0 spiro atoms. The quantitative estimate of drug-likeness (QED) is 0.828. The van der Waals surface area contributed by atoms with Crippen molar-refractivity contribution in [1.82, 2.24) is 9.78 Å². The van der Waals surface area contributed by atoms with Crippen molar-refractivity contribution in [3.8, 4) is 0 Å². The predicted octanol–water partition coefficient (Wildman–Crippen LogP) is 1.90. The predicted molar refractivity (Wildman–Crippen MR) is 61.9 cm³/mol. The van der Waals surface area contributed by atoms with Crippen LogP contribution in [0.1, 0.15) is 19.0 Å². The molecule has 1 aliphatic heterocycles. The van der Waals surface area contributed by atoms with Crippen molar-refractivity contribution in [3.63, 3.8) is 0 Å². The van der Waals surface area contributed by atoms with Crippen LogP contribution in [0.5, 0.6) is 0 Å². The number of nitrogens with zero attached hydrogens (tertiary/aromatic N) is 2. The first-order valence-electron chi connectivity index (χ1n) is 5.16. The van der Waals surface area contributed by atoms with E-state index in [4.69, 9.17) is 0 Å². The zero-order valence-corrected chi connectivity index (χ0v) is 9.60. The first-order valence-corrected chi connectivity index (χ1v) is 6.32. The van der Waals surface area contributed by atoms with E-state index in [0.29, 0.717) is 6.04 Å². The van der Waals surface area contributed by atoms with Gasteiger partial charge in [-0.05, 0) is 18.6 Å². The zero-order valence-electron chi connectivity index (χ0n) is 8.79. The van der Waals surface area contributed by atoms with Crippen molar-refractivity contribution in [2.75, 3.05) is 16.8 Å². The van der Waals surface area contributed by atoms with Crippen LogP contribution in [0, 0.1) is 0 Å². The van der Waals surface area contributed by atoms with Crippen molar-refractivity contribution in [2.24, 2.45) is 7.05 Å². The van der Waals surface area contributed by atoms with Gasteiger partial charge in [-0.3, -0.25) is 4.68 Å². The monoisotopic (exact) mass is 211 g/mol. The minimum absolute atomic E-state index is 0.639. The zero-order chi connectivity index (χ0) is 9.97. The Bertz CT molecular complexity index is 302. The van der Waals surface area contributed by atoms with E-state index >= 15 is 0 Å². The highest BCUT2D eigenvalue weighted by Gasteiger charge is 2.16. The molecule has 14 heavy (non-hydrogen) atoms. The van der Waals surface area contributed by atoms with Gasteiger partial charge in [-0.15, -0.1) is 0 Å². The summed E-state index contributed by atoms with van der Waals surface area (Å²) in [6.45, 7) is 2.14. The van der Waals surface area contributed by atoms with E-state index in [9.17, 15) is 0 Å². The van der Waals surface area contributed by atoms with E-state index in [1.54, 1.807) is 0 Å². The molecule has 0 bridgehead atoms. The Kier molecular flexibility index (Phi) is 3.01. The summed E-state index contributed by atoms with van der Waals surface area (Å²) in [6, 6.07) is 2.79. The van der Waals surface area contributed by atoms with Crippen LogP contribution in [0.3, 0.4) is 0 Å². The van der Waals surface area contributed by atoms with Crippen LogP contribution in [0.2, 0.25) is 0 Å². The van der Waals surface area contributed by atoms with E-state index in [0.717, 1.165) is 12.2 Å². The van der Waals surface area contributed by atoms with Crippen LogP contribution in [0.15, 0.2) is 6.07 Å². The van der Waals surface area contributed by atoms with E-state index in [1.165, 1.54) is 23.6 Å². The average molecular weight is 211 g/mol. The second kappa shape index (κ2) is 4.26. The molecule has 0 aromatic carbocycles. The van der Waals surface area contributed by atoms with E-state index < -0.39 is 0 Å². The van der Waals surface area contributed by atoms with Gasteiger partial charge in [0, 0.05) is 24.9 Å². The third-order valence-corrected chi connectivity index (χ3v) is 3.74. The maximum absolute atomic E-state index is 4.42. The number of hydrogen-bond donors (Lipinski definition) is 1. The molecule has 1 fully saturated rings. The smallest absolute Gasteiger partial charge is 0.124 e. The summed E-state index contributed by atoms with van der Waals surface area (Å²) in [6.07, 6.45) is 2.28. The molecule has 0 amide bonds. The maximum Gasteiger partial charge on any atom is 0.124 e. The summed E-state index contributed by atoms with van der Waals surface area (Å²) >= 11 is 2.03. The number of anilines is 1. The van der Waals surface area contributed by atoms with Gasteiger partial charge < -0.3 is 5.32 Å². The summed E-state index contributed by atoms with van der Waals surface area (Å²) in [4.78, 5) is 0. The highest BCUT2D eigenvalue weighted by atomic mass is 32.2. The van der Waals surface area contributed by atoms with Crippen LogP contribution in [0.25, 0.3) is 0 Å². The molecule has 2 heterocycles. The van der Waals surface area contributed by atoms with Gasteiger partial charge in [0.1, 0.15) is 5.82 Å². The van der Waals surface area contributed by atoms with Crippen LogP contribution in [-0.2, 0) is 13.5 Å². The Morgan fingerprint density at radius 3 is 3.14 bits per heavy atom. The highest BCUT2D eigenvalue weighted by molar-refractivity contribution is 7.99. The molecular formula is C10H17N3S. The fraction of sp³-hybridized carbons (Fsp3) is 0.700. The maximum atomic E-state index is 4.42. The summed E-state index contributed by atoms with van der Waals surface area (Å²) < 4.78 is 1.95. The average Bonchev–Trinajstić information content (AvgIpc) is 2.78. The topological polar surface area (TPSA) is 29.9 Å². The fourth-order valence-electron chi connectivity index (χ4n) is 1.69. The van der Waals surface area contributed by atoms with Crippen LogP contribution >= 0.6 is 11.8 Å². The van der Waals surface area contributed by atoms with Gasteiger partial charge in [0.15, 0.2) is 0 Å². The molecule has 2 rings (SSSR count). The van der Waals surface area contributed by atoms with Crippen molar-refractivity contribution < 1.29 is 0 Å². The first-order chi connectivity index (χ1) is 6.79. The number of thioether (sulfide) groups is 1. The molecule has 1 N–H and O–H groups in total. The van der Waals surface area contributed by atoms with Gasteiger partial charge in [0.25, 0.3) is 0 Å². The molecule has 0 saturated carbocycles. The molecule has 0 radical (unpaired) electrons. The molecular weight excluding hydrogens is 194 g/mol. The normalized spacial score (nSPS) is 21.4. The van der Waals surface area contributed by atoms with E-state index in [2.05, 4.69) is 23.4 Å². The molecule has 1 aromatic heterocycles. The van der Waals surface area contributed by atoms with Crippen molar-refractivity contribution in [3.05, 3.63) is 11.8 Å². The largest absolute Gasteiger partial charge is 0.367 e. The second-order valence-electron chi connectivity index (χ2n) is 3.70. The first kappa shape index (κ1) is 9.90. The van der Waals surface area contributed by atoms with Gasteiger partial charge >= 0.3 is 0 Å². The Hall–Kier alpha value is -0.640. The minimum atomic E-state index is 0.639. The summed E-state index contributed by atoms with van der Waals surface area (Å²) in [7, 11) is 2.00. The molecule has 1 saturated heterocycles. The molecule has 1 aliphatic rings. The van der Waals surface area contributed by atoms with Crippen molar-refractivity contribution in [2.45, 2.75) is 25.8 Å². The molecule has 1 unspecified atom stereocenters. The number of aryl methyl sites for hydroxylation is 2. The molecule has 78 valence electrons. The second-order valence-corrected chi connectivity index (χ2v) is 4.85. The molecule has 4 heteroatoms. The Labute approximate surface area is 89.3 Å². The van der Waals surface area contributed by atoms with Crippen molar-refractivity contribution >= 4 is 17.6 Å². The van der Waals surface area contributed by atoms with Crippen LogP contribution in [-0.4, -0.2) is 27.3 Å². The van der Waals surface area contributed by atoms with E-state index in [-0.39, 0.29) is 0 Å². The van der Waals surface area contributed by atoms with Gasteiger partial charge in [0.2, 0.25) is 0 Å². The number of rotatable bonds is 3. The summed E-state index contributed by atoms with van der Waals surface area (Å²) in [5.74, 6) is 3.68. The number of nitrogens with one attached hydrogen (secondary N) is 1. The lowest BCUT2D eigenvalue weighted by Gasteiger charge is -2.11. The lowest BCUT2D eigenvalue weighted by atomic mass is 10.2. The lowest BCUT2D eigenvalue weighted by molar-refractivity contribution is 0.725. The Morgan fingerprint density at radius 1 is 1.71 bits per heavy atom.